The van der Waals surface area contributed by atoms with E-state index >= 15 is 0 Å². The molecule has 1 N–H and O–H groups in total. The zero-order chi connectivity index (χ0) is 13.3. The number of rotatable bonds is 8. The van der Waals surface area contributed by atoms with Crippen molar-refractivity contribution >= 4 is 5.97 Å². The van der Waals surface area contributed by atoms with Crippen LogP contribution in [0.1, 0.15) is 46.0 Å². The highest BCUT2D eigenvalue weighted by molar-refractivity contribution is 5.69. The topological polar surface area (TPSA) is 46.5 Å². The van der Waals surface area contributed by atoms with Crippen LogP contribution in [0.4, 0.5) is 0 Å². The van der Waals surface area contributed by atoms with Crippen molar-refractivity contribution in [1.29, 1.82) is 0 Å². The molecule has 17 heavy (non-hydrogen) atoms. The van der Waals surface area contributed by atoms with Gasteiger partial charge in [-0.3, -0.25) is 4.79 Å². The highest BCUT2D eigenvalue weighted by Gasteiger charge is 2.10. The van der Waals surface area contributed by atoms with Crippen LogP contribution in [0.3, 0.4) is 0 Å². The van der Waals surface area contributed by atoms with Gasteiger partial charge < -0.3 is 9.84 Å². The highest BCUT2D eigenvalue weighted by Crippen LogP contribution is 2.12. The molecular formula is C14H24O3. The van der Waals surface area contributed by atoms with E-state index in [0.717, 1.165) is 19.3 Å². The van der Waals surface area contributed by atoms with E-state index in [2.05, 4.69) is 17.4 Å². The van der Waals surface area contributed by atoms with Gasteiger partial charge in [-0.05, 0) is 39.5 Å². The minimum atomic E-state index is -0.605. The Bertz CT molecular complexity index is 279. The van der Waals surface area contributed by atoms with Crippen molar-refractivity contribution in [2.45, 2.75) is 52.1 Å². The van der Waals surface area contributed by atoms with E-state index in [0.29, 0.717) is 6.42 Å². The lowest BCUT2D eigenvalue weighted by molar-refractivity contribution is -0.142. The Labute approximate surface area is 104 Å². The van der Waals surface area contributed by atoms with Crippen LogP contribution >= 0.6 is 0 Å². The number of carbonyl (C=O) groups excluding carboxylic acids is 1. The largest absolute Gasteiger partial charge is 0.469 e. The molecule has 0 spiro atoms. The SMILES string of the molecule is C=C(C)CCC=C(C)CCC(O)CC(=O)OC. The Hall–Kier alpha value is -1.09. The molecule has 0 aromatic carbocycles. The van der Waals surface area contributed by atoms with Gasteiger partial charge in [0.25, 0.3) is 0 Å². The standard InChI is InChI=1S/C14H24O3/c1-11(2)6-5-7-12(3)8-9-13(15)10-14(16)17-4/h7,13,15H,1,5-6,8-10H2,2-4H3. The summed E-state index contributed by atoms with van der Waals surface area (Å²) in [6, 6.07) is 0. The van der Waals surface area contributed by atoms with E-state index in [1.54, 1.807) is 0 Å². The number of aliphatic hydroxyl groups excluding tert-OH is 1. The minimum Gasteiger partial charge on any atom is -0.469 e. The fraction of sp³-hybridized carbons (Fsp3) is 0.643. The first-order valence-electron chi connectivity index (χ1n) is 6.00. The zero-order valence-corrected chi connectivity index (χ0v) is 11.2. The molecule has 0 saturated heterocycles. The summed E-state index contributed by atoms with van der Waals surface area (Å²) in [7, 11) is 1.33. The molecule has 0 aromatic heterocycles. The van der Waals surface area contributed by atoms with Crippen molar-refractivity contribution in [1.82, 2.24) is 0 Å². The third-order valence-electron chi connectivity index (χ3n) is 2.57. The van der Waals surface area contributed by atoms with Gasteiger partial charge in [0.05, 0.1) is 19.6 Å². The molecule has 0 heterocycles. The highest BCUT2D eigenvalue weighted by atomic mass is 16.5. The Kier molecular flexibility index (Phi) is 8.42. The maximum Gasteiger partial charge on any atom is 0.308 e. The zero-order valence-electron chi connectivity index (χ0n) is 11.2. The second-order valence-corrected chi connectivity index (χ2v) is 4.52. The maximum absolute atomic E-state index is 10.9. The summed E-state index contributed by atoms with van der Waals surface area (Å²) < 4.78 is 4.50. The van der Waals surface area contributed by atoms with Gasteiger partial charge in [-0.2, -0.15) is 0 Å². The number of aliphatic hydroxyl groups is 1. The summed E-state index contributed by atoms with van der Waals surface area (Å²) in [5, 5.41) is 9.57. The average Bonchev–Trinajstić information content (AvgIpc) is 2.25. The number of hydrogen-bond donors (Lipinski definition) is 1. The Morgan fingerprint density at radius 2 is 2.06 bits per heavy atom. The van der Waals surface area contributed by atoms with E-state index in [4.69, 9.17) is 0 Å². The molecule has 0 aliphatic rings. The third-order valence-corrected chi connectivity index (χ3v) is 2.57. The second-order valence-electron chi connectivity index (χ2n) is 4.52. The van der Waals surface area contributed by atoms with Gasteiger partial charge in [0.1, 0.15) is 0 Å². The summed E-state index contributed by atoms with van der Waals surface area (Å²) in [6.07, 6.45) is 5.05. The van der Waals surface area contributed by atoms with Crippen LogP contribution < -0.4 is 0 Å². The number of carbonyl (C=O) groups is 1. The van der Waals surface area contributed by atoms with Crippen LogP contribution in [0, 0.1) is 0 Å². The Balaban J connectivity index is 3.78. The van der Waals surface area contributed by atoms with E-state index < -0.39 is 6.10 Å². The first-order valence-corrected chi connectivity index (χ1v) is 6.00. The fourth-order valence-electron chi connectivity index (χ4n) is 1.44. The Morgan fingerprint density at radius 3 is 2.59 bits per heavy atom. The molecule has 0 bridgehead atoms. The summed E-state index contributed by atoms with van der Waals surface area (Å²) in [4.78, 5) is 10.9. The molecule has 0 rings (SSSR count). The van der Waals surface area contributed by atoms with E-state index in [-0.39, 0.29) is 12.4 Å². The molecule has 1 atom stereocenters. The molecule has 0 aliphatic carbocycles. The van der Waals surface area contributed by atoms with Crippen LogP contribution in [-0.4, -0.2) is 24.3 Å². The van der Waals surface area contributed by atoms with Crippen molar-refractivity contribution in [3.63, 3.8) is 0 Å². The van der Waals surface area contributed by atoms with Gasteiger partial charge in [0.2, 0.25) is 0 Å². The lowest BCUT2D eigenvalue weighted by atomic mass is 10.0. The van der Waals surface area contributed by atoms with Crippen molar-refractivity contribution in [3.05, 3.63) is 23.8 Å². The van der Waals surface area contributed by atoms with Crippen LogP contribution in [-0.2, 0) is 9.53 Å². The van der Waals surface area contributed by atoms with Crippen LogP contribution in [0.2, 0.25) is 0 Å². The molecule has 0 saturated carbocycles. The quantitative estimate of drug-likeness (QED) is 0.524. The lowest BCUT2D eigenvalue weighted by Gasteiger charge is -2.09. The third kappa shape index (κ3) is 9.82. The molecule has 0 radical (unpaired) electrons. The molecule has 0 fully saturated rings. The number of ether oxygens (including phenoxy) is 1. The first-order chi connectivity index (χ1) is 7.95. The van der Waals surface area contributed by atoms with Crippen molar-refractivity contribution < 1.29 is 14.6 Å². The number of hydrogen-bond acceptors (Lipinski definition) is 3. The predicted octanol–water partition coefficient (Wildman–Crippen LogP) is 2.99. The maximum atomic E-state index is 10.9. The molecule has 0 aliphatic heterocycles. The minimum absolute atomic E-state index is 0.0789. The van der Waals surface area contributed by atoms with Gasteiger partial charge in [0.15, 0.2) is 0 Å². The first kappa shape index (κ1) is 15.9. The monoisotopic (exact) mass is 240 g/mol. The normalized spacial score (nSPS) is 13.3. The van der Waals surface area contributed by atoms with Crippen LogP contribution in [0.15, 0.2) is 23.8 Å². The summed E-state index contributed by atoms with van der Waals surface area (Å²) in [5.74, 6) is -0.360. The second kappa shape index (κ2) is 8.99. The molecular weight excluding hydrogens is 216 g/mol. The summed E-state index contributed by atoms with van der Waals surface area (Å²) in [6.45, 7) is 7.91. The molecule has 0 aromatic rings. The molecule has 1 unspecified atom stereocenters. The van der Waals surface area contributed by atoms with Gasteiger partial charge in [0, 0.05) is 0 Å². The van der Waals surface area contributed by atoms with Crippen LogP contribution in [0.5, 0.6) is 0 Å². The molecule has 0 amide bonds. The molecule has 3 nitrogen and oxygen atoms in total. The van der Waals surface area contributed by atoms with Gasteiger partial charge >= 0.3 is 5.97 Å². The van der Waals surface area contributed by atoms with Gasteiger partial charge in [-0.1, -0.05) is 17.2 Å². The lowest BCUT2D eigenvalue weighted by Crippen LogP contribution is -2.14. The number of esters is 1. The molecule has 3 heteroatoms. The predicted molar refractivity (Wildman–Crippen MR) is 69.7 cm³/mol. The molecule has 98 valence electrons. The number of methoxy groups -OCH3 is 1. The van der Waals surface area contributed by atoms with Gasteiger partial charge in [-0.15, -0.1) is 6.58 Å². The van der Waals surface area contributed by atoms with Crippen molar-refractivity contribution in [2.24, 2.45) is 0 Å². The van der Waals surface area contributed by atoms with Crippen LogP contribution in [0.25, 0.3) is 0 Å². The fourth-order valence-corrected chi connectivity index (χ4v) is 1.44. The van der Waals surface area contributed by atoms with E-state index in [9.17, 15) is 9.90 Å². The average molecular weight is 240 g/mol. The van der Waals surface area contributed by atoms with Crippen molar-refractivity contribution in [3.8, 4) is 0 Å². The summed E-state index contributed by atoms with van der Waals surface area (Å²) >= 11 is 0. The van der Waals surface area contributed by atoms with Crippen molar-refractivity contribution in [2.75, 3.05) is 7.11 Å². The van der Waals surface area contributed by atoms with E-state index in [1.807, 2.05) is 13.8 Å². The number of allylic oxidation sites excluding steroid dienone is 3. The smallest absolute Gasteiger partial charge is 0.308 e. The van der Waals surface area contributed by atoms with Gasteiger partial charge in [-0.25, -0.2) is 0 Å². The summed E-state index contributed by atoms with van der Waals surface area (Å²) in [5.41, 5.74) is 2.43. The van der Waals surface area contributed by atoms with E-state index in [1.165, 1.54) is 18.3 Å². The Morgan fingerprint density at radius 1 is 1.41 bits per heavy atom.